The quantitative estimate of drug-likeness (QED) is 0.572. The van der Waals surface area contributed by atoms with Crippen molar-refractivity contribution in [3.63, 3.8) is 0 Å². The summed E-state index contributed by atoms with van der Waals surface area (Å²) in [5, 5.41) is 0. The molecular weight excluding hydrogens is 204 g/mol. The summed E-state index contributed by atoms with van der Waals surface area (Å²) in [5.41, 5.74) is 0.817. The normalized spacial score (nSPS) is 15.3. The van der Waals surface area contributed by atoms with Crippen LogP contribution in [0.1, 0.15) is 37.1 Å². The number of ether oxygens (including phenoxy) is 1. The van der Waals surface area contributed by atoms with Crippen LogP contribution in [0.5, 0.6) is 0 Å². The average Bonchev–Trinajstić information content (AvgIpc) is 3.11. The van der Waals surface area contributed by atoms with Crippen LogP contribution in [-0.2, 0) is 9.53 Å². The zero-order chi connectivity index (χ0) is 11.4. The molecule has 0 aliphatic heterocycles. The molecule has 1 fully saturated rings. The summed E-state index contributed by atoms with van der Waals surface area (Å²) in [6.07, 6.45) is 8.90. The van der Waals surface area contributed by atoms with Gasteiger partial charge in [-0.2, -0.15) is 0 Å². The smallest absolute Gasteiger partial charge is 0.330 e. The maximum atomic E-state index is 11.1. The number of aromatic nitrogens is 2. The zero-order valence-electron chi connectivity index (χ0n) is 9.22. The van der Waals surface area contributed by atoms with Gasteiger partial charge >= 0.3 is 5.97 Å². The lowest BCUT2D eigenvalue weighted by Gasteiger charge is -1.97. The van der Waals surface area contributed by atoms with E-state index in [1.807, 2.05) is 0 Å². The van der Waals surface area contributed by atoms with Crippen LogP contribution in [0.25, 0.3) is 6.08 Å². The summed E-state index contributed by atoms with van der Waals surface area (Å²) >= 11 is 0. The number of carbonyl (C=O) groups is 1. The van der Waals surface area contributed by atoms with Gasteiger partial charge in [0.25, 0.3) is 0 Å². The monoisotopic (exact) mass is 218 g/mol. The summed E-state index contributed by atoms with van der Waals surface area (Å²) in [7, 11) is 0. The Morgan fingerprint density at radius 3 is 2.75 bits per heavy atom. The Morgan fingerprint density at radius 1 is 1.50 bits per heavy atom. The van der Waals surface area contributed by atoms with Gasteiger partial charge in [0.05, 0.1) is 6.61 Å². The first-order valence-electron chi connectivity index (χ1n) is 5.46. The van der Waals surface area contributed by atoms with E-state index in [0.717, 1.165) is 11.4 Å². The number of hydrogen-bond acceptors (Lipinski definition) is 4. The van der Waals surface area contributed by atoms with E-state index in [-0.39, 0.29) is 5.97 Å². The SMILES string of the molecule is CCOC(=O)/C=C/c1cnc(C2CC2)nc1. The molecule has 1 aromatic rings. The van der Waals surface area contributed by atoms with E-state index in [9.17, 15) is 4.79 Å². The summed E-state index contributed by atoms with van der Waals surface area (Å²) < 4.78 is 4.77. The largest absolute Gasteiger partial charge is 0.463 e. The molecule has 0 atom stereocenters. The lowest BCUT2D eigenvalue weighted by Crippen LogP contribution is -1.98. The highest BCUT2D eigenvalue weighted by Crippen LogP contribution is 2.37. The first kappa shape index (κ1) is 10.8. The molecule has 1 aliphatic carbocycles. The molecule has 1 aromatic heterocycles. The topological polar surface area (TPSA) is 52.1 Å². The zero-order valence-corrected chi connectivity index (χ0v) is 9.22. The molecule has 2 rings (SSSR count). The van der Waals surface area contributed by atoms with Crippen LogP contribution >= 0.6 is 0 Å². The molecule has 0 bridgehead atoms. The lowest BCUT2D eigenvalue weighted by molar-refractivity contribution is -0.137. The van der Waals surface area contributed by atoms with E-state index in [4.69, 9.17) is 4.74 Å². The number of esters is 1. The van der Waals surface area contributed by atoms with E-state index >= 15 is 0 Å². The van der Waals surface area contributed by atoms with E-state index < -0.39 is 0 Å². The standard InChI is InChI=1S/C12H14N2O2/c1-2-16-11(15)6-3-9-7-13-12(14-8-9)10-4-5-10/h3,6-8,10H,2,4-5H2,1H3/b6-3+. The van der Waals surface area contributed by atoms with E-state index in [2.05, 4.69) is 9.97 Å². The second-order valence-electron chi connectivity index (χ2n) is 3.73. The molecule has 84 valence electrons. The van der Waals surface area contributed by atoms with Gasteiger partial charge in [-0.3, -0.25) is 0 Å². The fourth-order valence-electron chi connectivity index (χ4n) is 1.34. The molecule has 16 heavy (non-hydrogen) atoms. The van der Waals surface area contributed by atoms with Crippen molar-refractivity contribution in [2.75, 3.05) is 6.61 Å². The molecule has 0 spiro atoms. The van der Waals surface area contributed by atoms with Gasteiger partial charge in [0.2, 0.25) is 0 Å². The highest BCUT2D eigenvalue weighted by molar-refractivity contribution is 5.86. The molecular formula is C12H14N2O2. The summed E-state index contributed by atoms with van der Waals surface area (Å²) in [5.74, 6) is 1.13. The third-order valence-electron chi connectivity index (χ3n) is 2.33. The molecule has 4 nitrogen and oxygen atoms in total. The van der Waals surface area contributed by atoms with Gasteiger partial charge in [0.15, 0.2) is 0 Å². The Morgan fingerprint density at radius 2 is 2.19 bits per heavy atom. The minimum atomic E-state index is -0.339. The summed E-state index contributed by atoms with van der Waals surface area (Å²) in [6, 6.07) is 0. The van der Waals surface area contributed by atoms with E-state index in [1.54, 1.807) is 25.4 Å². The van der Waals surface area contributed by atoms with Crippen molar-refractivity contribution in [2.45, 2.75) is 25.7 Å². The molecule has 0 saturated heterocycles. The van der Waals surface area contributed by atoms with E-state index in [0.29, 0.717) is 12.5 Å². The fourth-order valence-corrected chi connectivity index (χ4v) is 1.34. The second-order valence-corrected chi connectivity index (χ2v) is 3.73. The van der Waals surface area contributed by atoms with Gasteiger partial charge in [0.1, 0.15) is 5.82 Å². The fraction of sp³-hybridized carbons (Fsp3) is 0.417. The van der Waals surface area contributed by atoms with Crippen LogP contribution in [-0.4, -0.2) is 22.5 Å². The van der Waals surface area contributed by atoms with Crippen molar-refractivity contribution in [1.82, 2.24) is 9.97 Å². The molecule has 0 aromatic carbocycles. The number of nitrogens with zero attached hydrogens (tertiary/aromatic N) is 2. The van der Waals surface area contributed by atoms with Crippen LogP contribution in [0.4, 0.5) is 0 Å². The first-order valence-corrected chi connectivity index (χ1v) is 5.46. The van der Waals surface area contributed by atoms with Crippen molar-refractivity contribution in [3.05, 3.63) is 29.9 Å². The molecule has 1 heterocycles. The maximum Gasteiger partial charge on any atom is 0.330 e. The van der Waals surface area contributed by atoms with Gasteiger partial charge in [-0.1, -0.05) is 0 Å². The Hall–Kier alpha value is -1.71. The lowest BCUT2D eigenvalue weighted by atomic mass is 10.3. The van der Waals surface area contributed by atoms with Crippen LogP contribution in [0.2, 0.25) is 0 Å². The Kier molecular flexibility index (Phi) is 3.29. The van der Waals surface area contributed by atoms with Crippen molar-refractivity contribution in [3.8, 4) is 0 Å². The maximum absolute atomic E-state index is 11.1. The molecule has 0 unspecified atom stereocenters. The predicted octanol–water partition coefficient (Wildman–Crippen LogP) is 1.93. The molecule has 1 saturated carbocycles. The van der Waals surface area contributed by atoms with Gasteiger partial charge in [0, 0.05) is 30.0 Å². The highest BCUT2D eigenvalue weighted by atomic mass is 16.5. The van der Waals surface area contributed by atoms with Crippen LogP contribution < -0.4 is 0 Å². The van der Waals surface area contributed by atoms with Crippen LogP contribution in [0.15, 0.2) is 18.5 Å². The van der Waals surface area contributed by atoms with Gasteiger partial charge in [-0.25, -0.2) is 14.8 Å². The number of rotatable bonds is 4. The second kappa shape index (κ2) is 4.88. The van der Waals surface area contributed by atoms with Crippen LogP contribution in [0, 0.1) is 0 Å². The van der Waals surface area contributed by atoms with E-state index in [1.165, 1.54) is 18.9 Å². The summed E-state index contributed by atoms with van der Waals surface area (Å²) in [4.78, 5) is 19.6. The van der Waals surface area contributed by atoms with Crippen molar-refractivity contribution >= 4 is 12.0 Å². The molecule has 0 radical (unpaired) electrons. The average molecular weight is 218 g/mol. The minimum absolute atomic E-state index is 0.339. The first-order chi connectivity index (χ1) is 7.79. The number of carbonyl (C=O) groups excluding carboxylic acids is 1. The molecule has 0 N–H and O–H groups in total. The Labute approximate surface area is 94.4 Å². The summed E-state index contributed by atoms with van der Waals surface area (Å²) in [6.45, 7) is 2.17. The number of hydrogen-bond donors (Lipinski definition) is 0. The van der Waals surface area contributed by atoms with Gasteiger partial charge in [-0.15, -0.1) is 0 Å². The van der Waals surface area contributed by atoms with Crippen molar-refractivity contribution in [1.29, 1.82) is 0 Å². The van der Waals surface area contributed by atoms with Crippen molar-refractivity contribution in [2.24, 2.45) is 0 Å². The molecule has 0 amide bonds. The van der Waals surface area contributed by atoms with Gasteiger partial charge in [-0.05, 0) is 25.8 Å². The third-order valence-corrected chi connectivity index (χ3v) is 2.33. The third kappa shape index (κ3) is 2.89. The van der Waals surface area contributed by atoms with Crippen molar-refractivity contribution < 1.29 is 9.53 Å². The minimum Gasteiger partial charge on any atom is -0.463 e. The Balaban J connectivity index is 1.96. The van der Waals surface area contributed by atoms with Crippen LogP contribution in [0.3, 0.4) is 0 Å². The predicted molar refractivity (Wildman–Crippen MR) is 59.7 cm³/mol. The molecule has 1 aliphatic rings. The highest BCUT2D eigenvalue weighted by Gasteiger charge is 2.25. The molecule has 4 heteroatoms. The van der Waals surface area contributed by atoms with Gasteiger partial charge < -0.3 is 4.74 Å². The Bertz CT molecular complexity index is 394.